The summed E-state index contributed by atoms with van der Waals surface area (Å²) in [5, 5.41) is 4.31. The van der Waals surface area contributed by atoms with Crippen LogP contribution < -0.4 is 5.32 Å². The number of amidine groups is 1. The molecule has 0 amide bonds. The Bertz CT molecular complexity index is 446. The molecule has 1 N–H and O–H groups in total. The lowest BCUT2D eigenvalue weighted by atomic mass is 10.1. The maximum Gasteiger partial charge on any atom is 0.161 e. The van der Waals surface area contributed by atoms with Gasteiger partial charge in [-0.3, -0.25) is 4.99 Å². The second-order valence-electron chi connectivity index (χ2n) is 4.27. The van der Waals surface area contributed by atoms with Gasteiger partial charge in [-0.05, 0) is 32.0 Å². The number of aliphatic imine (C=N–C) groups is 1. The van der Waals surface area contributed by atoms with Crippen LogP contribution in [0.1, 0.15) is 13.8 Å². The molecular weight excluding hydrogens is 247 g/mol. The van der Waals surface area contributed by atoms with Crippen molar-refractivity contribution in [3.05, 3.63) is 29.0 Å². The van der Waals surface area contributed by atoms with Gasteiger partial charge in [0.1, 0.15) is 5.82 Å². The number of halogens is 2. The van der Waals surface area contributed by atoms with Crippen LogP contribution in [0.25, 0.3) is 0 Å². The predicted molar refractivity (Wildman–Crippen MR) is 69.0 cm³/mol. The Morgan fingerprint density at radius 2 is 2.25 bits per heavy atom. The summed E-state index contributed by atoms with van der Waals surface area (Å²) in [6, 6.07) is 4.28. The molecule has 1 aliphatic rings. The van der Waals surface area contributed by atoms with Crippen molar-refractivity contribution in [3.8, 4) is 0 Å². The number of benzene rings is 1. The zero-order chi connectivity index (χ0) is 11.8. The average molecular weight is 259 g/mol. The lowest BCUT2D eigenvalue weighted by Gasteiger charge is -2.09. The molecule has 0 radical (unpaired) electrons. The van der Waals surface area contributed by atoms with E-state index in [4.69, 9.17) is 11.6 Å². The first kappa shape index (κ1) is 11.7. The maximum atomic E-state index is 12.8. The topological polar surface area (TPSA) is 24.4 Å². The smallest absolute Gasteiger partial charge is 0.161 e. The number of hydrogen-bond donors (Lipinski definition) is 1. The molecule has 0 unspecified atom stereocenters. The normalized spacial score (nSPS) is 18.4. The molecule has 5 heteroatoms. The molecule has 0 spiro atoms. The van der Waals surface area contributed by atoms with E-state index in [1.807, 2.05) is 0 Å². The van der Waals surface area contributed by atoms with Crippen LogP contribution in [-0.2, 0) is 0 Å². The van der Waals surface area contributed by atoms with Crippen molar-refractivity contribution >= 4 is 34.2 Å². The van der Waals surface area contributed by atoms with Crippen molar-refractivity contribution in [1.82, 2.24) is 0 Å². The number of nitrogens with zero attached hydrogens (tertiary/aromatic N) is 1. The van der Waals surface area contributed by atoms with Gasteiger partial charge in [0.05, 0.1) is 16.2 Å². The quantitative estimate of drug-likeness (QED) is 0.829. The van der Waals surface area contributed by atoms with Crippen molar-refractivity contribution in [1.29, 1.82) is 0 Å². The van der Waals surface area contributed by atoms with Gasteiger partial charge in [-0.1, -0.05) is 23.4 Å². The fraction of sp³-hybridized carbons (Fsp3) is 0.364. The van der Waals surface area contributed by atoms with Crippen molar-refractivity contribution in [3.63, 3.8) is 0 Å². The summed E-state index contributed by atoms with van der Waals surface area (Å²) in [5.74, 6) is 0.602. The zero-order valence-electron chi connectivity index (χ0n) is 9.05. The van der Waals surface area contributed by atoms with E-state index in [9.17, 15) is 4.39 Å². The van der Waals surface area contributed by atoms with E-state index in [2.05, 4.69) is 24.2 Å². The summed E-state index contributed by atoms with van der Waals surface area (Å²) in [6.45, 7) is 4.14. The average Bonchev–Trinajstić information content (AvgIpc) is 2.51. The first-order valence-electron chi connectivity index (χ1n) is 4.91. The molecule has 1 heterocycles. The minimum Gasteiger partial charge on any atom is -0.334 e. The first-order valence-corrected chi connectivity index (χ1v) is 6.27. The van der Waals surface area contributed by atoms with Gasteiger partial charge in [0.15, 0.2) is 5.17 Å². The molecule has 16 heavy (non-hydrogen) atoms. The summed E-state index contributed by atoms with van der Waals surface area (Å²) < 4.78 is 12.8. The monoisotopic (exact) mass is 258 g/mol. The molecule has 1 aromatic rings. The zero-order valence-corrected chi connectivity index (χ0v) is 10.6. The Morgan fingerprint density at radius 3 is 2.81 bits per heavy atom. The molecule has 0 saturated heterocycles. The van der Waals surface area contributed by atoms with E-state index >= 15 is 0 Å². The van der Waals surface area contributed by atoms with Crippen molar-refractivity contribution < 1.29 is 4.39 Å². The molecule has 2 nitrogen and oxygen atoms in total. The summed E-state index contributed by atoms with van der Waals surface area (Å²) in [6.07, 6.45) is 0. The highest BCUT2D eigenvalue weighted by Crippen LogP contribution is 2.30. The third-order valence-electron chi connectivity index (χ3n) is 2.14. The van der Waals surface area contributed by atoms with Gasteiger partial charge in [0.2, 0.25) is 0 Å². The first-order chi connectivity index (χ1) is 7.46. The van der Waals surface area contributed by atoms with E-state index < -0.39 is 0 Å². The van der Waals surface area contributed by atoms with Gasteiger partial charge in [-0.15, -0.1) is 0 Å². The summed E-state index contributed by atoms with van der Waals surface area (Å²) in [5.41, 5.74) is 0.645. The predicted octanol–water partition coefficient (Wildman–Crippen LogP) is 3.77. The Morgan fingerprint density at radius 1 is 1.50 bits per heavy atom. The van der Waals surface area contributed by atoms with Crippen LogP contribution in [0.15, 0.2) is 23.2 Å². The van der Waals surface area contributed by atoms with E-state index in [0.717, 1.165) is 10.9 Å². The lowest BCUT2D eigenvalue weighted by molar-refractivity contribution is 0.605. The number of rotatable bonds is 1. The highest BCUT2D eigenvalue weighted by Gasteiger charge is 2.25. The van der Waals surface area contributed by atoms with Crippen LogP contribution in [0.4, 0.5) is 10.1 Å². The van der Waals surface area contributed by atoms with Crippen molar-refractivity contribution in [2.75, 3.05) is 11.1 Å². The number of anilines is 1. The fourth-order valence-corrected chi connectivity index (χ4v) is 2.62. The lowest BCUT2D eigenvalue weighted by Crippen LogP contribution is -2.15. The SMILES string of the molecule is CC1(C)CSC(Nc2ccc(F)cc2Cl)=N1. The van der Waals surface area contributed by atoms with Gasteiger partial charge in [0, 0.05) is 5.75 Å². The molecule has 0 fully saturated rings. The van der Waals surface area contributed by atoms with Crippen molar-refractivity contribution in [2.24, 2.45) is 4.99 Å². The minimum absolute atomic E-state index is 0.0422. The summed E-state index contributed by atoms with van der Waals surface area (Å²) in [7, 11) is 0. The van der Waals surface area contributed by atoms with E-state index in [0.29, 0.717) is 10.7 Å². The molecule has 0 aliphatic carbocycles. The molecule has 0 bridgehead atoms. The molecule has 1 aromatic carbocycles. The van der Waals surface area contributed by atoms with Gasteiger partial charge in [-0.25, -0.2) is 4.39 Å². The van der Waals surface area contributed by atoms with E-state index in [1.54, 1.807) is 17.8 Å². The molecule has 0 saturated carbocycles. The second-order valence-corrected chi connectivity index (χ2v) is 5.64. The minimum atomic E-state index is -0.336. The maximum absolute atomic E-state index is 12.8. The number of thioether (sulfide) groups is 1. The largest absolute Gasteiger partial charge is 0.334 e. The molecule has 86 valence electrons. The summed E-state index contributed by atoms with van der Waals surface area (Å²) >= 11 is 7.56. The molecule has 0 aromatic heterocycles. The van der Waals surface area contributed by atoms with Crippen molar-refractivity contribution in [2.45, 2.75) is 19.4 Å². The van der Waals surface area contributed by atoms with Crippen LogP contribution in [0.3, 0.4) is 0 Å². The molecule has 0 atom stereocenters. The Labute approximate surface area is 103 Å². The highest BCUT2D eigenvalue weighted by molar-refractivity contribution is 8.14. The Balaban J connectivity index is 2.16. The number of hydrogen-bond acceptors (Lipinski definition) is 3. The van der Waals surface area contributed by atoms with Crippen LogP contribution in [-0.4, -0.2) is 16.5 Å². The third-order valence-corrected chi connectivity index (χ3v) is 3.77. The van der Waals surface area contributed by atoms with E-state index in [-0.39, 0.29) is 11.4 Å². The van der Waals surface area contributed by atoms with Gasteiger partial charge in [-0.2, -0.15) is 0 Å². The second kappa shape index (κ2) is 4.26. The molecule has 1 aliphatic heterocycles. The van der Waals surface area contributed by atoms with E-state index in [1.165, 1.54) is 12.1 Å². The summed E-state index contributed by atoms with van der Waals surface area (Å²) in [4.78, 5) is 4.50. The van der Waals surface area contributed by atoms with Gasteiger partial charge < -0.3 is 5.32 Å². The van der Waals surface area contributed by atoms with Gasteiger partial charge in [0.25, 0.3) is 0 Å². The fourth-order valence-electron chi connectivity index (χ4n) is 1.35. The Kier molecular flexibility index (Phi) is 3.13. The van der Waals surface area contributed by atoms with Crippen LogP contribution >= 0.6 is 23.4 Å². The van der Waals surface area contributed by atoms with Crippen LogP contribution in [0, 0.1) is 5.82 Å². The highest BCUT2D eigenvalue weighted by atomic mass is 35.5. The number of nitrogens with one attached hydrogen (secondary N) is 1. The van der Waals surface area contributed by atoms with Crippen LogP contribution in [0.5, 0.6) is 0 Å². The third kappa shape index (κ3) is 2.68. The molecule has 2 rings (SSSR count). The molecular formula is C11H12ClFN2S. The van der Waals surface area contributed by atoms with Crippen LogP contribution in [0.2, 0.25) is 5.02 Å². The Hall–Kier alpha value is -0.740. The van der Waals surface area contributed by atoms with Gasteiger partial charge >= 0.3 is 0 Å². The standard InChI is InChI=1S/C11H12ClFN2S/c1-11(2)6-16-10(15-11)14-9-4-3-7(13)5-8(9)12/h3-5H,6H2,1-2H3,(H,14,15).